The third kappa shape index (κ3) is 2.53. The van der Waals surface area contributed by atoms with E-state index < -0.39 is 0 Å². The molecule has 0 spiro atoms. The fraction of sp³-hybridized carbons (Fsp3) is 0.462. The van der Waals surface area contributed by atoms with E-state index in [4.69, 9.17) is 10.00 Å². The first kappa shape index (κ1) is 11.0. The second-order valence-corrected chi connectivity index (χ2v) is 4.25. The molecule has 1 aliphatic rings. The lowest BCUT2D eigenvalue weighted by molar-refractivity contribution is 0.183. The number of hydrogen-bond donors (Lipinski definition) is 1. The van der Waals surface area contributed by atoms with Gasteiger partial charge in [-0.2, -0.15) is 5.26 Å². The van der Waals surface area contributed by atoms with E-state index in [-0.39, 0.29) is 0 Å². The second-order valence-electron chi connectivity index (χ2n) is 4.25. The molecule has 84 valence electrons. The molecule has 1 heterocycles. The van der Waals surface area contributed by atoms with Crippen molar-refractivity contribution < 1.29 is 4.74 Å². The van der Waals surface area contributed by atoms with Gasteiger partial charge in [0.15, 0.2) is 0 Å². The van der Waals surface area contributed by atoms with Crippen molar-refractivity contribution in [1.82, 2.24) is 0 Å². The average Bonchev–Trinajstić information content (AvgIpc) is 2.83. The SMILES string of the molecule is CC(Nc1ccc(C#N)cc1)C1CCOC1. The first-order valence-electron chi connectivity index (χ1n) is 5.64. The lowest BCUT2D eigenvalue weighted by atomic mass is 10.0. The Morgan fingerprint density at radius 2 is 2.19 bits per heavy atom. The monoisotopic (exact) mass is 216 g/mol. The minimum Gasteiger partial charge on any atom is -0.382 e. The van der Waals surface area contributed by atoms with Gasteiger partial charge in [-0.3, -0.25) is 0 Å². The summed E-state index contributed by atoms with van der Waals surface area (Å²) in [6.07, 6.45) is 1.13. The van der Waals surface area contributed by atoms with Crippen LogP contribution < -0.4 is 5.32 Å². The van der Waals surface area contributed by atoms with Crippen molar-refractivity contribution in [2.45, 2.75) is 19.4 Å². The molecule has 16 heavy (non-hydrogen) atoms. The Balaban J connectivity index is 1.95. The van der Waals surface area contributed by atoms with E-state index in [1.165, 1.54) is 0 Å². The van der Waals surface area contributed by atoms with E-state index in [0.717, 1.165) is 25.3 Å². The van der Waals surface area contributed by atoms with Gasteiger partial charge in [-0.05, 0) is 37.6 Å². The maximum Gasteiger partial charge on any atom is 0.0991 e. The van der Waals surface area contributed by atoms with Crippen LogP contribution in [0.15, 0.2) is 24.3 Å². The molecule has 2 atom stereocenters. The maximum absolute atomic E-state index is 8.70. The molecule has 1 aromatic carbocycles. The highest BCUT2D eigenvalue weighted by Gasteiger charge is 2.21. The molecule has 1 N–H and O–H groups in total. The van der Waals surface area contributed by atoms with Gasteiger partial charge in [0.2, 0.25) is 0 Å². The molecule has 2 unspecified atom stereocenters. The summed E-state index contributed by atoms with van der Waals surface area (Å²) in [5.74, 6) is 0.593. The summed E-state index contributed by atoms with van der Waals surface area (Å²) in [6.45, 7) is 3.91. The Labute approximate surface area is 96.0 Å². The fourth-order valence-electron chi connectivity index (χ4n) is 1.97. The van der Waals surface area contributed by atoms with Crippen LogP contribution in [0.5, 0.6) is 0 Å². The predicted molar refractivity (Wildman–Crippen MR) is 63.2 cm³/mol. The molecular formula is C13H16N2O. The third-order valence-electron chi connectivity index (χ3n) is 3.08. The first-order valence-corrected chi connectivity index (χ1v) is 5.64. The summed E-state index contributed by atoms with van der Waals surface area (Å²) < 4.78 is 5.37. The van der Waals surface area contributed by atoms with Crippen molar-refractivity contribution in [3.63, 3.8) is 0 Å². The van der Waals surface area contributed by atoms with Gasteiger partial charge in [-0.15, -0.1) is 0 Å². The summed E-state index contributed by atoms with van der Waals surface area (Å²) in [7, 11) is 0. The Hall–Kier alpha value is -1.53. The van der Waals surface area contributed by atoms with Gasteiger partial charge in [0, 0.05) is 24.3 Å². The maximum atomic E-state index is 8.70. The summed E-state index contributed by atoms with van der Waals surface area (Å²) in [5, 5.41) is 12.1. The standard InChI is InChI=1S/C13H16N2O/c1-10(12-6-7-16-9-12)15-13-4-2-11(8-14)3-5-13/h2-5,10,12,15H,6-7,9H2,1H3. The van der Waals surface area contributed by atoms with Gasteiger partial charge in [-0.1, -0.05) is 0 Å². The van der Waals surface area contributed by atoms with Crippen LogP contribution in [0.1, 0.15) is 18.9 Å². The van der Waals surface area contributed by atoms with E-state index >= 15 is 0 Å². The average molecular weight is 216 g/mol. The Morgan fingerprint density at radius 3 is 2.75 bits per heavy atom. The van der Waals surface area contributed by atoms with Crippen molar-refractivity contribution in [2.24, 2.45) is 5.92 Å². The number of rotatable bonds is 3. The van der Waals surface area contributed by atoms with Crippen molar-refractivity contribution in [3.8, 4) is 6.07 Å². The Bertz CT molecular complexity index is 374. The molecule has 1 saturated heterocycles. The normalized spacial score (nSPS) is 21.4. The number of benzene rings is 1. The van der Waals surface area contributed by atoms with Crippen molar-refractivity contribution >= 4 is 5.69 Å². The van der Waals surface area contributed by atoms with E-state index in [2.05, 4.69) is 18.3 Å². The quantitative estimate of drug-likeness (QED) is 0.843. The highest BCUT2D eigenvalue weighted by atomic mass is 16.5. The van der Waals surface area contributed by atoms with Crippen LogP contribution in [0.3, 0.4) is 0 Å². The molecule has 0 radical (unpaired) electrons. The van der Waals surface area contributed by atoms with E-state index in [9.17, 15) is 0 Å². The van der Waals surface area contributed by atoms with Crippen LogP contribution in [0.4, 0.5) is 5.69 Å². The lowest BCUT2D eigenvalue weighted by Gasteiger charge is -2.20. The first-order chi connectivity index (χ1) is 7.79. The smallest absolute Gasteiger partial charge is 0.0991 e. The Kier molecular flexibility index (Phi) is 3.43. The molecule has 0 amide bonds. The minimum absolute atomic E-state index is 0.412. The summed E-state index contributed by atoms with van der Waals surface area (Å²) >= 11 is 0. The summed E-state index contributed by atoms with van der Waals surface area (Å²) in [6, 6.07) is 10.1. The molecule has 0 bridgehead atoms. The van der Waals surface area contributed by atoms with Crippen LogP contribution in [-0.2, 0) is 4.74 Å². The van der Waals surface area contributed by atoms with Crippen molar-refractivity contribution in [1.29, 1.82) is 5.26 Å². The summed E-state index contributed by atoms with van der Waals surface area (Å²) in [4.78, 5) is 0. The van der Waals surface area contributed by atoms with E-state index in [1.807, 2.05) is 24.3 Å². The molecule has 0 saturated carbocycles. The number of nitrogens with one attached hydrogen (secondary N) is 1. The Morgan fingerprint density at radius 1 is 1.44 bits per heavy atom. The zero-order valence-electron chi connectivity index (χ0n) is 9.44. The zero-order chi connectivity index (χ0) is 11.4. The molecule has 1 aromatic rings. The minimum atomic E-state index is 0.412. The van der Waals surface area contributed by atoms with Crippen LogP contribution >= 0.6 is 0 Å². The van der Waals surface area contributed by atoms with E-state index in [0.29, 0.717) is 17.5 Å². The van der Waals surface area contributed by atoms with Crippen LogP contribution in [0, 0.1) is 17.2 Å². The molecule has 3 nitrogen and oxygen atoms in total. The number of ether oxygens (including phenoxy) is 1. The van der Waals surface area contributed by atoms with Gasteiger partial charge in [0.05, 0.1) is 18.2 Å². The number of nitriles is 1. The molecular weight excluding hydrogens is 200 g/mol. The van der Waals surface area contributed by atoms with Gasteiger partial charge in [0.1, 0.15) is 0 Å². The second kappa shape index (κ2) is 5.00. The van der Waals surface area contributed by atoms with Crippen LogP contribution in [-0.4, -0.2) is 19.3 Å². The van der Waals surface area contributed by atoms with Gasteiger partial charge in [0.25, 0.3) is 0 Å². The van der Waals surface area contributed by atoms with Crippen molar-refractivity contribution in [2.75, 3.05) is 18.5 Å². The third-order valence-corrected chi connectivity index (χ3v) is 3.08. The number of hydrogen-bond acceptors (Lipinski definition) is 3. The van der Waals surface area contributed by atoms with Gasteiger partial charge in [-0.25, -0.2) is 0 Å². The van der Waals surface area contributed by atoms with Crippen LogP contribution in [0.25, 0.3) is 0 Å². The van der Waals surface area contributed by atoms with Gasteiger partial charge < -0.3 is 10.1 Å². The molecule has 3 heteroatoms. The van der Waals surface area contributed by atoms with Crippen LogP contribution in [0.2, 0.25) is 0 Å². The van der Waals surface area contributed by atoms with Crippen molar-refractivity contribution in [3.05, 3.63) is 29.8 Å². The summed E-state index contributed by atoms with van der Waals surface area (Å²) in [5.41, 5.74) is 1.76. The molecule has 2 rings (SSSR count). The number of anilines is 1. The number of nitrogens with zero attached hydrogens (tertiary/aromatic N) is 1. The highest BCUT2D eigenvalue weighted by molar-refractivity contribution is 5.47. The lowest BCUT2D eigenvalue weighted by Crippen LogP contribution is -2.26. The highest BCUT2D eigenvalue weighted by Crippen LogP contribution is 2.20. The molecule has 1 fully saturated rings. The zero-order valence-corrected chi connectivity index (χ0v) is 9.44. The van der Waals surface area contributed by atoms with E-state index in [1.54, 1.807) is 0 Å². The molecule has 1 aliphatic heterocycles. The molecule has 0 aromatic heterocycles. The van der Waals surface area contributed by atoms with Gasteiger partial charge >= 0.3 is 0 Å². The topological polar surface area (TPSA) is 45.0 Å². The fourth-order valence-corrected chi connectivity index (χ4v) is 1.97. The molecule has 0 aliphatic carbocycles. The largest absolute Gasteiger partial charge is 0.382 e. The predicted octanol–water partition coefficient (Wildman–Crippen LogP) is 2.40.